The van der Waals surface area contributed by atoms with Crippen LogP contribution in [0.5, 0.6) is 0 Å². The molecule has 0 aromatic heterocycles. The third-order valence-corrected chi connectivity index (χ3v) is 4.39. The Labute approximate surface area is 107 Å². The van der Waals surface area contributed by atoms with Crippen LogP contribution in [0.25, 0.3) is 0 Å². The fourth-order valence-corrected chi connectivity index (χ4v) is 3.01. The molecule has 1 saturated carbocycles. The van der Waals surface area contributed by atoms with Crippen LogP contribution in [0, 0.1) is 11.8 Å². The van der Waals surface area contributed by atoms with Crippen LogP contribution in [0.3, 0.4) is 0 Å². The van der Waals surface area contributed by atoms with Gasteiger partial charge in [0, 0.05) is 25.7 Å². The molecule has 3 atom stereocenters. The van der Waals surface area contributed by atoms with Gasteiger partial charge < -0.3 is 10.1 Å². The van der Waals surface area contributed by atoms with Crippen molar-refractivity contribution >= 4 is 0 Å². The van der Waals surface area contributed by atoms with Gasteiger partial charge in [0.1, 0.15) is 0 Å². The lowest BCUT2D eigenvalue weighted by atomic mass is 9.76. The Kier molecular flexibility index (Phi) is 6.45. The second-order valence-electron chi connectivity index (χ2n) is 5.75. The van der Waals surface area contributed by atoms with E-state index in [1.807, 2.05) is 0 Å². The highest BCUT2D eigenvalue weighted by Crippen LogP contribution is 2.32. The van der Waals surface area contributed by atoms with E-state index >= 15 is 0 Å². The van der Waals surface area contributed by atoms with E-state index < -0.39 is 0 Å². The fraction of sp³-hybridized carbons (Fsp3) is 1.00. The van der Waals surface area contributed by atoms with Gasteiger partial charge in [-0.2, -0.15) is 0 Å². The van der Waals surface area contributed by atoms with Crippen LogP contribution in [-0.4, -0.2) is 51.3 Å². The highest BCUT2D eigenvalue weighted by Gasteiger charge is 2.32. The maximum atomic E-state index is 5.18. The Hall–Kier alpha value is -0.120. The predicted octanol–water partition coefficient (Wildman–Crippen LogP) is 1.98. The summed E-state index contributed by atoms with van der Waals surface area (Å²) >= 11 is 0. The van der Waals surface area contributed by atoms with Gasteiger partial charge in [0.2, 0.25) is 0 Å². The van der Waals surface area contributed by atoms with Gasteiger partial charge in [-0.1, -0.05) is 13.8 Å². The molecule has 1 fully saturated rings. The Morgan fingerprint density at radius 1 is 1.35 bits per heavy atom. The third kappa shape index (κ3) is 4.23. The molecular weight excluding hydrogens is 212 g/mol. The molecule has 0 aromatic rings. The van der Waals surface area contributed by atoms with E-state index in [4.69, 9.17) is 4.74 Å². The van der Waals surface area contributed by atoms with E-state index in [1.54, 1.807) is 7.11 Å². The fourth-order valence-electron chi connectivity index (χ4n) is 3.01. The standard InChI is InChI=1S/C14H30N2O/c1-11(2)12-6-7-13(15-3)14(10-12)16(4)8-9-17-5/h11-15H,6-10H2,1-5H3. The van der Waals surface area contributed by atoms with Crippen LogP contribution >= 0.6 is 0 Å². The van der Waals surface area contributed by atoms with Crippen molar-refractivity contribution in [1.29, 1.82) is 0 Å². The van der Waals surface area contributed by atoms with Crippen LogP contribution in [0.2, 0.25) is 0 Å². The average Bonchev–Trinajstić information content (AvgIpc) is 2.34. The van der Waals surface area contributed by atoms with Crippen LogP contribution in [0.4, 0.5) is 0 Å². The molecule has 3 heteroatoms. The van der Waals surface area contributed by atoms with Crippen LogP contribution < -0.4 is 5.32 Å². The van der Waals surface area contributed by atoms with Crippen molar-refractivity contribution in [3.8, 4) is 0 Å². The minimum Gasteiger partial charge on any atom is -0.383 e. The van der Waals surface area contributed by atoms with Gasteiger partial charge in [0.15, 0.2) is 0 Å². The van der Waals surface area contributed by atoms with E-state index in [2.05, 4.69) is 38.2 Å². The van der Waals surface area contributed by atoms with Gasteiger partial charge in [0.25, 0.3) is 0 Å². The first-order valence-electron chi connectivity index (χ1n) is 6.96. The summed E-state index contributed by atoms with van der Waals surface area (Å²) in [6, 6.07) is 1.31. The van der Waals surface area contributed by atoms with Gasteiger partial charge in [-0.05, 0) is 45.2 Å². The maximum absolute atomic E-state index is 5.18. The second-order valence-corrected chi connectivity index (χ2v) is 5.75. The first-order chi connectivity index (χ1) is 8.10. The molecule has 0 heterocycles. The van der Waals surface area contributed by atoms with Gasteiger partial charge in [-0.25, -0.2) is 0 Å². The Morgan fingerprint density at radius 2 is 2.06 bits per heavy atom. The van der Waals surface area contributed by atoms with E-state index in [9.17, 15) is 0 Å². The van der Waals surface area contributed by atoms with E-state index in [-0.39, 0.29) is 0 Å². The smallest absolute Gasteiger partial charge is 0.0589 e. The Morgan fingerprint density at radius 3 is 2.59 bits per heavy atom. The molecule has 1 aliphatic carbocycles. The molecule has 1 aliphatic rings. The molecule has 0 aliphatic heterocycles. The molecule has 3 nitrogen and oxygen atoms in total. The second kappa shape index (κ2) is 7.34. The molecular formula is C14H30N2O. The number of nitrogens with zero attached hydrogens (tertiary/aromatic N) is 1. The van der Waals surface area contributed by atoms with Crippen LogP contribution in [0.15, 0.2) is 0 Å². The molecule has 0 aromatic carbocycles. The average molecular weight is 242 g/mol. The quantitative estimate of drug-likeness (QED) is 0.771. The number of hydrogen-bond acceptors (Lipinski definition) is 3. The summed E-state index contributed by atoms with van der Waals surface area (Å²) in [4.78, 5) is 2.47. The molecule has 0 radical (unpaired) electrons. The maximum Gasteiger partial charge on any atom is 0.0589 e. The summed E-state index contributed by atoms with van der Waals surface area (Å²) in [7, 11) is 6.11. The summed E-state index contributed by atoms with van der Waals surface area (Å²) in [5, 5.41) is 3.49. The van der Waals surface area contributed by atoms with Gasteiger partial charge >= 0.3 is 0 Å². The number of rotatable bonds is 6. The molecule has 102 valence electrons. The van der Waals surface area contributed by atoms with Crippen molar-refractivity contribution in [1.82, 2.24) is 10.2 Å². The Bertz CT molecular complexity index is 208. The lowest BCUT2D eigenvalue weighted by Gasteiger charge is -2.42. The largest absolute Gasteiger partial charge is 0.383 e. The summed E-state index contributed by atoms with van der Waals surface area (Å²) in [5.74, 6) is 1.70. The number of hydrogen-bond donors (Lipinski definition) is 1. The van der Waals surface area contributed by atoms with E-state index in [1.165, 1.54) is 19.3 Å². The normalized spacial score (nSPS) is 30.2. The SMILES string of the molecule is CNC1CCC(C(C)C)CC1N(C)CCOC. The van der Waals surface area contributed by atoms with Crippen molar-refractivity contribution in [3.05, 3.63) is 0 Å². The molecule has 17 heavy (non-hydrogen) atoms. The van der Waals surface area contributed by atoms with Crippen molar-refractivity contribution in [2.75, 3.05) is 34.4 Å². The molecule has 0 saturated heterocycles. The lowest BCUT2D eigenvalue weighted by Crippen LogP contribution is -2.52. The summed E-state index contributed by atoms with van der Waals surface area (Å²) < 4.78 is 5.18. The number of likely N-dealkylation sites (N-methyl/N-ethyl adjacent to an activating group) is 2. The van der Waals surface area contributed by atoms with E-state index in [0.29, 0.717) is 12.1 Å². The topological polar surface area (TPSA) is 24.5 Å². The minimum atomic E-state index is 0.645. The molecule has 3 unspecified atom stereocenters. The van der Waals surface area contributed by atoms with Crippen LogP contribution in [-0.2, 0) is 4.74 Å². The van der Waals surface area contributed by atoms with Gasteiger partial charge in [-0.3, -0.25) is 4.90 Å². The zero-order valence-electron chi connectivity index (χ0n) is 12.2. The van der Waals surface area contributed by atoms with Crippen molar-refractivity contribution in [3.63, 3.8) is 0 Å². The number of ether oxygens (including phenoxy) is 1. The predicted molar refractivity (Wildman–Crippen MR) is 73.3 cm³/mol. The molecule has 1 rings (SSSR count). The zero-order chi connectivity index (χ0) is 12.8. The van der Waals surface area contributed by atoms with Crippen molar-refractivity contribution in [2.24, 2.45) is 11.8 Å². The first kappa shape index (κ1) is 14.9. The molecule has 1 N–H and O–H groups in total. The number of methoxy groups -OCH3 is 1. The highest BCUT2D eigenvalue weighted by molar-refractivity contribution is 4.90. The third-order valence-electron chi connectivity index (χ3n) is 4.39. The lowest BCUT2D eigenvalue weighted by molar-refractivity contribution is 0.0794. The highest BCUT2D eigenvalue weighted by atomic mass is 16.5. The van der Waals surface area contributed by atoms with Crippen molar-refractivity contribution < 1.29 is 4.74 Å². The molecule has 0 bridgehead atoms. The van der Waals surface area contributed by atoms with Crippen molar-refractivity contribution in [2.45, 2.75) is 45.2 Å². The summed E-state index contributed by atoms with van der Waals surface area (Å²) in [6.45, 7) is 6.58. The summed E-state index contributed by atoms with van der Waals surface area (Å²) in [5.41, 5.74) is 0. The Balaban J connectivity index is 2.55. The van der Waals surface area contributed by atoms with Gasteiger partial charge in [0.05, 0.1) is 6.61 Å². The minimum absolute atomic E-state index is 0.645. The van der Waals surface area contributed by atoms with E-state index in [0.717, 1.165) is 25.0 Å². The first-order valence-corrected chi connectivity index (χ1v) is 6.96. The summed E-state index contributed by atoms with van der Waals surface area (Å²) in [6.07, 6.45) is 4.00. The molecule has 0 spiro atoms. The molecule has 0 amide bonds. The zero-order valence-corrected chi connectivity index (χ0v) is 12.2. The van der Waals surface area contributed by atoms with Crippen LogP contribution in [0.1, 0.15) is 33.1 Å². The number of nitrogens with one attached hydrogen (secondary N) is 1. The van der Waals surface area contributed by atoms with Gasteiger partial charge in [-0.15, -0.1) is 0 Å². The monoisotopic (exact) mass is 242 g/mol.